The number of rotatable bonds is 3. The summed E-state index contributed by atoms with van der Waals surface area (Å²) in [6, 6.07) is -0.907. The van der Waals surface area contributed by atoms with E-state index in [1.54, 1.807) is 0 Å². The summed E-state index contributed by atoms with van der Waals surface area (Å²) < 4.78 is 75.1. The maximum atomic E-state index is 12.7. The third kappa shape index (κ3) is 4.76. The van der Waals surface area contributed by atoms with Crippen LogP contribution in [-0.4, -0.2) is 48.3 Å². The van der Waals surface area contributed by atoms with E-state index in [2.05, 4.69) is 5.32 Å². The molecule has 1 amide bonds. The molecule has 0 aromatic heterocycles. The third-order valence-corrected chi connectivity index (χ3v) is 4.19. The van der Waals surface area contributed by atoms with Gasteiger partial charge in [-0.25, -0.2) is 0 Å². The molecule has 3 atom stereocenters. The van der Waals surface area contributed by atoms with E-state index >= 15 is 0 Å². The number of carbonyl (C=O) groups is 1. The Kier molecular flexibility index (Phi) is 4.93. The van der Waals surface area contributed by atoms with Gasteiger partial charge in [-0.2, -0.15) is 26.3 Å². The van der Waals surface area contributed by atoms with Gasteiger partial charge < -0.3 is 10.2 Å². The van der Waals surface area contributed by atoms with Crippen molar-refractivity contribution in [3.8, 4) is 0 Å². The van der Waals surface area contributed by atoms with E-state index in [1.165, 1.54) is 0 Å². The highest BCUT2D eigenvalue weighted by molar-refractivity contribution is 5.79. The fourth-order valence-electron chi connectivity index (χ4n) is 3.22. The van der Waals surface area contributed by atoms with Crippen LogP contribution in [0.2, 0.25) is 0 Å². The van der Waals surface area contributed by atoms with Gasteiger partial charge in [0.15, 0.2) is 0 Å². The van der Waals surface area contributed by atoms with Crippen LogP contribution in [0.25, 0.3) is 0 Å². The molecule has 2 rings (SSSR count). The van der Waals surface area contributed by atoms with Crippen molar-refractivity contribution in [3.05, 3.63) is 0 Å². The van der Waals surface area contributed by atoms with E-state index in [4.69, 9.17) is 0 Å². The molecule has 1 aliphatic carbocycles. The first-order valence-corrected chi connectivity index (χ1v) is 7.22. The van der Waals surface area contributed by atoms with Crippen molar-refractivity contribution in [3.63, 3.8) is 0 Å². The molecular weight excluding hydrogens is 314 g/mol. The van der Waals surface area contributed by atoms with Crippen LogP contribution in [-0.2, 0) is 4.79 Å². The average molecular weight is 332 g/mol. The minimum atomic E-state index is -4.46. The first kappa shape index (κ1) is 17.4. The lowest BCUT2D eigenvalue weighted by molar-refractivity contribution is -0.183. The Morgan fingerprint density at radius 1 is 1.09 bits per heavy atom. The van der Waals surface area contributed by atoms with Crippen LogP contribution < -0.4 is 5.32 Å². The van der Waals surface area contributed by atoms with Crippen LogP contribution in [0, 0.1) is 5.92 Å². The minimum Gasteiger partial charge on any atom is -0.332 e. The summed E-state index contributed by atoms with van der Waals surface area (Å²) in [5.41, 5.74) is 0. The van der Waals surface area contributed by atoms with Crippen LogP contribution in [0.1, 0.15) is 32.1 Å². The SMILES string of the molecule is O=C1C[C@H](N[C@@H]2CCC[C@@H](C(F)(F)F)C2)CN1CC(F)(F)F. The maximum absolute atomic E-state index is 12.7. The van der Waals surface area contributed by atoms with E-state index in [0.717, 1.165) is 0 Å². The minimum absolute atomic E-state index is 0.0759. The molecule has 0 aromatic rings. The topological polar surface area (TPSA) is 32.3 Å². The van der Waals surface area contributed by atoms with E-state index in [1.807, 2.05) is 0 Å². The second-order valence-electron chi connectivity index (χ2n) is 6.06. The number of carbonyl (C=O) groups excluding carboxylic acids is 1. The van der Waals surface area contributed by atoms with Gasteiger partial charge in [0.05, 0.1) is 5.92 Å². The number of alkyl halides is 6. The van der Waals surface area contributed by atoms with Crippen LogP contribution in [0.4, 0.5) is 26.3 Å². The number of hydrogen-bond donors (Lipinski definition) is 1. The number of nitrogens with zero attached hydrogens (tertiary/aromatic N) is 1. The smallest absolute Gasteiger partial charge is 0.332 e. The monoisotopic (exact) mass is 332 g/mol. The molecule has 22 heavy (non-hydrogen) atoms. The lowest BCUT2D eigenvalue weighted by Crippen LogP contribution is -2.45. The largest absolute Gasteiger partial charge is 0.406 e. The molecule has 0 spiro atoms. The van der Waals surface area contributed by atoms with Crippen LogP contribution in [0.5, 0.6) is 0 Å². The Balaban J connectivity index is 1.85. The van der Waals surface area contributed by atoms with Crippen LogP contribution in [0.15, 0.2) is 0 Å². The Labute approximate surface area is 124 Å². The molecule has 1 heterocycles. The van der Waals surface area contributed by atoms with Gasteiger partial charge in [-0.05, 0) is 19.3 Å². The number of likely N-dealkylation sites (tertiary alicyclic amines) is 1. The van der Waals surface area contributed by atoms with E-state index in [9.17, 15) is 31.1 Å². The first-order chi connectivity index (χ1) is 10.0. The van der Waals surface area contributed by atoms with Crippen molar-refractivity contribution in [1.29, 1.82) is 0 Å². The molecule has 0 unspecified atom stereocenters. The zero-order chi connectivity index (χ0) is 16.5. The molecule has 2 fully saturated rings. The number of hydrogen-bond acceptors (Lipinski definition) is 2. The van der Waals surface area contributed by atoms with Crippen molar-refractivity contribution >= 4 is 5.91 Å². The summed E-state index contributed by atoms with van der Waals surface area (Å²) in [4.78, 5) is 12.2. The van der Waals surface area contributed by atoms with E-state index < -0.39 is 42.8 Å². The summed E-state index contributed by atoms with van der Waals surface area (Å²) in [6.45, 7) is -1.41. The highest BCUT2D eigenvalue weighted by Crippen LogP contribution is 2.37. The molecule has 3 nitrogen and oxygen atoms in total. The van der Waals surface area contributed by atoms with Gasteiger partial charge >= 0.3 is 12.4 Å². The molecule has 0 aromatic carbocycles. The highest BCUT2D eigenvalue weighted by atomic mass is 19.4. The summed E-state index contributed by atoms with van der Waals surface area (Å²) in [5, 5.41) is 2.94. The molecular formula is C13H18F6N2O. The molecule has 1 saturated carbocycles. The van der Waals surface area contributed by atoms with Crippen molar-refractivity contribution in [2.75, 3.05) is 13.1 Å². The van der Waals surface area contributed by atoms with Crippen LogP contribution in [0.3, 0.4) is 0 Å². The zero-order valence-electron chi connectivity index (χ0n) is 11.8. The second kappa shape index (κ2) is 6.25. The third-order valence-electron chi connectivity index (χ3n) is 4.19. The molecule has 128 valence electrons. The zero-order valence-corrected chi connectivity index (χ0v) is 11.8. The van der Waals surface area contributed by atoms with Gasteiger partial charge in [0.25, 0.3) is 0 Å². The van der Waals surface area contributed by atoms with Gasteiger partial charge in [0.2, 0.25) is 5.91 Å². The highest BCUT2D eigenvalue weighted by Gasteiger charge is 2.43. The van der Waals surface area contributed by atoms with Gasteiger partial charge in [-0.1, -0.05) is 6.42 Å². The fraction of sp³-hybridized carbons (Fsp3) is 0.923. The van der Waals surface area contributed by atoms with Crippen LogP contribution >= 0.6 is 0 Å². The summed E-state index contributed by atoms with van der Waals surface area (Å²) in [5.74, 6) is -1.99. The Hall–Kier alpha value is -0.990. The number of halogens is 6. The Morgan fingerprint density at radius 2 is 1.77 bits per heavy atom. The van der Waals surface area contributed by atoms with Gasteiger partial charge in [0.1, 0.15) is 6.54 Å². The summed E-state index contributed by atoms with van der Waals surface area (Å²) in [7, 11) is 0. The molecule has 1 N–H and O–H groups in total. The molecule has 0 radical (unpaired) electrons. The summed E-state index contributed by atoms with van der Waals surface area (Å²) >= 11 is 0. The van der Waals surface area contributed by atoms with Gasteiger partial charge in [-0.15, -0.1) is 0 Å². The normalized spacial score (nSPS) is 30.9. The molecule has 1 aliphatic heterocycles. The Bertz CT molecular complexity index is 408. The van der Waals surface area contributed by atoms with E-state index in [0.29, 0.717) is 17.7 Å². The quantitative estimate of drug-likeness (QED) is 0.806. The molecule has 2 aliphatic rings. The van der Waals surface area contributed by atoms with Crippen molar-refractivity contribution in [2.24, 2.45) is 5.92 Å². The Morgan fingerprint density at radius 3 is 2.36 bits per heavy atom. The predicted molar refractivity (Wildman–Crippen MR) is 66.0 cm³/mol. The number of nitrogens with one attached hydrogen (secondary N) is 1. The van der Waals surface area contributed by atoms with Crippen molar-refractivity contribution < 1.29 is 31.1 Å². The predicted octanol–water partition coefficient (Wildman–Crippen LogP) is 2.86. The maximum Gasteiger partial charge on any atom is 0.406 e. The lowest BCUT2D eigenvalue weighted by Gasteiger charge is -2.32. The summed E-state index contributed by atoms with van der Waals surface area (Å²) in [6.07, 6.45) is -7.81. The first-order valence-electron chi connectivity index (χ1n) is 7.22. The fourth-order valence-corrected chi connectivity index (χ4v) is 3.22. The second-order valence-corrected chi connectivity index (χ2v) is 6.06. The molecule has 0 bridgehead atoms. The lowest BCUT2D eigenvalue weighted by atomic mass is 9.85. The average Bonchev–Trinajstić information content (AvgIpc) is 2.66. The van der Waals surface area contributed by atoms with Gasteiger partial charge in [0, 0.05) is 25.0 Å². The van der Waals surface area contributed by atoms with E-state index in [-0.39, 0.29) is 25.8 Å². The number of amides is 1. The van der Waals surface area contributed by atoms with Gasteiger partial charge in [-0.3, -0.25) is 4.79 Å². The molecule has 9 heteroatoms. The standard InChI is InChI=1S/C13H18F6N2O/c14-12(15,16)7-21-6-10(5-11(21)22)20-9-3-1-2-8(4-9)13(17,18)19/h8-10,20H,1-7H2/t8-,9-,10+/m1/s1. The molecule has 1 saturated heterocycles. The van der Waals surface area contributed by atoms with Crippen molar-refractivity contribution in [1.82, 2.24) is 10.2 Å². The van der Waals surface area contributed by atoms with Crippen molar-refractivity contribution in [2.45, 2.75) is 56.5 Å².